The molecule has 0 saturated heterocycles. The molecule has 0 atom stereocenters. The molecule has 0 aliphatic carbocycles. The SMILES string of the molecule is C=CCOC(=O)c1cnn(-c2ccccc2)c1CCc1ccccc1. The first kappa shape index (κ1) is 16.7. The Labute approximate surface area is 147 Å². The number of aromatic nitrogens is 2. The summed E-state index contributed by atoms with van der Waals surface area (Å²) < 4.78 is 7.02. The summed E-state index contributed by atoms with van der Waals surface area (Å²) in [7, 11) is 0. The minimum atomic E-state index is -0.370. The van der Waals surface area contributed by atoms with E-state index in [1.54, 1.807) is 12.3 Å². The van der Waals surface area contributed by atoms with Crippen LogP contribution in [0.5, 0.6) is 0 Å². The van der Waals surface area contributed by atoms with Gasteiger partial charge >= 0.3 is 5.97 Å². The van der Waals surface area contributed by atoms with Crippen LogP contribution in [0.4, 0.5) is 0 Å². The zero-order valence-electron chi connectivity index (χ0n) is 14.0. The number of esters is 1. The Bertz CT molecular complexity index is 839. The number of aryl methyl sites for hydroxylation is 1. The van der Waals surface area contributed by atoms with Crippen molar-refractivity contribution in [2.45, 2.75) is 12.8 Å². The molecule has 3 aromatic rings. The van der Waals surface area contributed by atoms with Crippen LogP contribution in [0.1, 0.15) is 21.6 Å². The normalized spacial score (nSPS) is 10.4. The van der Waals surface area contributed by atoms with E-state index >= 15 is 0 Å². The predicted molar refractivity (Wildman–Crippen MR) is 97.9 cm³/mol. The Morgan fingerprint density at radius 1 is 1.04 bits per heavy atom. The fourth-order valence-electron chi connectivity index (χ4n) is 2.70. The summed E-state index contributed by atoms with van der Waals surface area (Å²) in [6.45, 7) is 3.77. The molecule has 4 nitrogen and oxygen atoms in total. The quantitative estimate of drug-likeness (QED) is 0.485. The smallest absolute Gasteiger partial charge is 0.341 e. The van der Waals surface area contributed by atoms with Gasteiger partial charge in [-0.05, 0) is 30.5 Å². The zero-order valence-corrected chi connectivity index (χ0v) is 14.0. The maximum absolute atomic E-state index is 12.4. The van der Waals surface area contributed by atoms with Crippen molar-refractivity contribution in [3.8, 4) is 5.69 Å². The van der Waals surface area contributed by atoms with Crippen molar-refractivity contribution in [1.29, 1.82) is 0 Å². The summed E-state index contributed by atoms with van der Waals surface area (Å²) in [5, 5.41) is 4.42. The van der Waals surface area contributed by atoms with Gasteiger partial charge in [-0.2, -0.15) is 5.10 Å². The molecule has 0 aliphatic rings. The molecule has 0 unspecified atom stereocenters. The summed E-state index contributed by atoms with van der Waals surface area (Å²) in [6.07, 6.45) is 4.65. The number of benzene rings is 2. The van der Waals surface area contributed by atoms with Crippen molar-refractivity contribution in [2.75, 3.05) is 6.61 Å². The molecule has 126 valence electrons. The second-order valence-electron chi connectivity index (χ2n) is 5.63. The largest absolute Gasteiger partial charge is 0.458 e. The fraction of sp³-hybridized carbons (Fsp3) is 0.143. The number of ether oxygens (including phenoxy) is 1. The number of hydrogen-bond acceptors (Lipinski definition) is 3. The third-order valence-electron chi connectivity index (χ3n) is 3.92. The summed E-state index contributed by atoms with van der Waals surface area (Å²) >= 11 is 0. The van der Waals surface area contributed by atoms with Crippen LogP contribution in [-0.2, 0) is 17.6 Å². The Kier molecular flexibility index (Phi) is 5.42. The standard InChI is InChI=1S/C21H20N2O2/c1-2-15-25-21(24)19-16-22-23(18-11-7-4-8-12-18)20(19)14-13-17-9-5-3-6-10-17/h2-12,16H,1,13-15H2. The summed E-state index contributed by atoms with van der Waals surface area (Å²) in [5.41, 5.74) is 3.49. The highest BCUT2D eigenvalue weighted by molar-refractivity contribution is 5.90. The molecule has 1 aromatic heterocycles. The van der Waals surface area contributed by atoms with Crippen molar-refractivity contribution in [2.24, 2.45) is 0 Å². The van der Waals surface area contributed by atoms with Crippen LogP contribution >= 0.6 is 0 Å². The molecule has 3 rings (SSSR count). The highest BCUT2D eigenvalue weighted by Gasteiger charge is 2.19. The molecule has 0 N–H and O–H groups in total. The van der Waals surface area contributed by atoms with E-state index in [1.807, 2.05) is 53.2 Å². The number of para-hydroxylation sites is 1. The second kappa shape index (κ2) is 8.11. The lowest BCUT2D eigenvalue weighted by Gasteiger charge is -2.10. The van der Waals surface area contributed by atoms with Gasteiger partial charge in [-0.25, -0.2) is 9.48 Å². The lowest BCUT2D eigenvalue weighted by atomic mass is 10.1. The molecule has 0 aliphatic heterocycles. The van der Waals surface area contributed by atoms with Gasteiger partial charge in [-0.1, -0.05) is 61.2 Å². The molecular formula is C21H20N2O2. The maximum Gasteiger partial charge on any atom is 0.341 e. The first-order valence-electron chi connectivity index (χ1n) is 8.24. The van der Waals surface area contributed by atoms with Crippen molar-refractivity contribution in [1.82, 2.24) is 9.78 Å². The average Bonchev–Trinajstić information content (AvgIpc) is 3.10. The molecule has 4 heteroatoms. The highest BCUT2D eigenvalue weighted by atomic mass is 16.5. The Morgan fingerprint density at radius 3 is 2.40 bits per heavy atom. The number of carbonyl (C=O) groups is 1. The zero-order chi connectivity index (χ0) is 17.5. The van der Waals surface area contributed by atoms with Gasteiger partial charge in [0.15, 0.2) is 0 Å². The van der Waals surface area contributed by atoms with E-state index < -0.39 is 0 Å². The summed E-state index contributed by atoms with van der Waals surface area (Å²) in [5.74, 6) is -0.370. The van der Waals surface area contributed by atoms with Gasteiger partial charge in [0.2, 0.25) is 0 Å². The van der Waals surface area contributed by atoms with Gasteiger partial charge in [0.05, 0.1) is 17.6 Å². The van der Waals surface area contributed by atoms with Crippen LogP contribution in [0, 0.1) is 0 Å². The molecule has 0 amide bonds. The van der Waals surface area contributed by atoms with Crippen LogP contribution in [0.15, 0.2) is 79.5 Å². The molecule has 0 bridgehead atoms. The lowest BCUT2D eigenvalue weighted by molar-refractivity contribution is 0.0548. The van der Waals surface area contributed by atoms with E-state index in [9.17, 15) is 4.79 Å². The average molecular weight is 332 g/mol. The minimum Gasteiger partial charge on any atom is -0.458 e. The molecule has 0 saturated carbocycles. The molecule has 1 heterocycles. The third kappa shape index (κ3) is 4.04. The predicted octanol–water partition coefficient (Wildman–Crippen LogP) is 4.00. The first-order valence-corrected chi connectivity index (χ1v) is 8.24. The highest BCUT2D eigenvalue weighted by Crippen LogP contribution is 2.18. The maximum atomic E-state index is 12.4. The third-order valence-corrected chi connectivity index (χ3v) is 3.92. The molecular weight excluding hydrogens is 312 g/mol. The molecule has 0 spiro atoms. The molecule has 2 aromatic carbocycles. The minimum absolute atomic E-state index is 0.188. The van der Waals surface area contributed by atoms with Crippen molar-refractivity contribution in [3.63, 3.8) is 0 Å². The van der Waals surface area contributed by atoms with Gasteiger partial charge in [-0.15, -0.1) is 0 Å². The second-order valence-corrected chi connectivity index (χ2v) is 5.63. The Morgan fingerprint density at radius 2 is 1.72 bits per heavy atom. The van der Waals surface area contributed by atoms with Gasteiger partial charge in [0.25, 0.3) is 0 Å². The molecule has 0 fully saturated rings. The number of rotatable bonds is 7. The summed E-state index contributed by atoms with van der Waals surface area (Å²) in [6, 6.07) is 20.0. The number of carbonyl (C=O) groups excluding carboxylic acids is 1. The first-order chi connectivity index (χ1) is 12.3. The Balaban J connectivity index is 1.91. The van der Waals surface area contributed by atoms with Crippen LogP contribution in [0.2, 0.25) is 0 Å². The van der Waals surface area contributed by atoms with E-state index in [0.29, 0.717) is 12.0 Å². The summed E-state index contributed by atoms with van der Waals surface area (Å²) in [4.78, 5) is 12.4. The monoisotopic (exact) mass is 332 g/mol. The van der Waals surface area contributed by atoms with Gasteiger partial charge in [0.1, 0.15) is 12.2 Å². The van der Waals surface area contributed by atoms with Crippen LogP contribution in [0.25, 0.3) is 5.69 Å². The topological polar surface area (TPSA) is 44.1 Å². The van der Waals surface area contributed by atoms with E-state index in [4.69, 9.17) is 4.74 Å². The fourth-order valence-corrected chi connectivity index (χ4v) is 2.70. The van der Waals surface area contributed by atoms with Crippen LogP contribution in [-0.4, -0.2) is 22.4 Å². The number of hydrogen-bond donors (Lipinski definition) is 0. The van der Waals surface area contributed by atoms with Crippen molar-refractivity contribution in [3.05, 3.63) is 96.3 Å². The molecule has 0 radical (unpaired) electrons. The van der Waals surface area contributed by atoms with E-state index in [1.165, 1.54) is 5.56 Å². The van der Waals surface area contributed by atoms with Gasteiger partial charge in [0, 0.05) is 0 Å². The van der Waals surface area contributed by atoms with E-state index in [2.05, 4.69) is 23.8 Å². The van der Waals surface area contributed by atoms with Crippen LogP contribution in [0.3, 0.4) is 0 Å². The lowest BCUT2D eigenvalue weighted by Crippen LogP contribution is -2.11. The van der Waals surface area contributed by atoms with Crippen molar-refractivity contribution < 1.29 is 9.53 Å². The molecule has 25 heavy (non-hydrogen) atoms. The van der Waals surface area contributed by atoms with E-state index in [-0.39, 0.29) is 12.6 Å². The van der Waals surface area contributed by atoms with Crippen molar-refractivity contribution >= 4 is 5.97 Å². The van der Waals surface area contributed by atoms with Crippen LogP contribution < -0.4 is 0 Å². The Hall–Kier alpha value is -3.14. The van der Waals surface area contributed by atoms with Gasteiger partial charge < -0.3 is 4.74 Å². The van der Waals surface area contributed by atoms with Gasteiger partial charge in [-0.3, -0.25) is 0 Å². The van der Waals surface area contributed by atoms with E-state index in [0.717, 1.165) is 17.8 Å². The number of nitrogens with zero attached hydrogens (tertiary/aromatic N) is 2.